The summed E-state index contributed by atoms with van der Waals surface area (Å²) in [7, 11) is 1.52. The highest BCUT2D eigenvalue weighted by molar-refractivity contribution is 6.39. The van der Waals surface area contributed by atoms with Gasteiger partial charge in [0.25, 0.3) is 11.8 Å². The summed E-state index contributed by atoms with van der Waals surface area (Å²) in [5.74, 6) is -0.635. The Balaban J connectivity index is 1.57. The average molecular weight is 520 g/mol. The first-order chi connectivity index (χ1) is 17.7. The third kappa shape index (κ3) is 5.96. The number of hydrogen-bond donors (Lipinski definition) is 2. The number of carbonyl (C=O) groups excluding carboxylic acids is 4. The van der Waals surface area contributed by atoms with E-state index in [1.807, 2.05) is 0 Å². The Labute approximate surface area is 217 Å². The van der Waals surface area contributed by atoms with Gasteiger partial charge in [-0.05, 0) is 66.2 Å². The number of urea groups is 1. The molecular weight excluding hydrogens is 498 g/mol. The number of benzene rings is 3. The van der Waals surface area contributed by atoms with Crippen molar-refractivity contribution in [2.24, 2.45) is 0 Å². The number of ether oxygens (including phenoxy) is 2. The van der Waals surface area contributed by atoms with Crippen LogP contribution in [0.25, 0.3) is 6.08 Å². The van der Waals surface area contributed by atoms with Gasteiger partial charge >= 0.3 is 6.03 Å². The molecule has 1 aliphatic heterocycles. The van der Waals surface area contributed by atoms with Crippen LogP contribution in [0.4, 0.5) is 16.2 Å². The predicted molar refractivity (Wildman–Crippen MR) is 139 cm³/mol. The largest absolute Gasteiger partial charge is 0.496 e. The van der Waals surface area contributed by atoms with Crippen molar-refractivity contribution < 1.29 is 28.7 Å². The van der Waals surface area contributed by atoms with E-state index in [4.69, 9.17) is 21.1 Å². The summed E-state index contributed by atoms with van der Waals surface area (Å²) in [6.45, 7) is 1.56. The molecule has 0 atom stereocenters. The molecule has 9 nitrogen and oxygen atoms in total. The van der Waals surface area contributed by atoms with Gasteiger partial charge in [-0.3, -0.25) is 19.7 Å². The second-order valence-corrected chi connectivity index (χ2v) is 8.44. The number of rotatable bonds is 7. The van der Waals surface area contributed by atoms with Crippen molar-refractivity contribution in [1.82, 2.24) is 5.32 Å². The first-order valence-electron chi connectivity index (χ1n) is 11.1. The summed E-state index contributed by atoms with van der Waals surface area (Å²) in [6.07, 6.45) is 1.40. The molecule has 0 unspecified atom stereocenters. The Morgan fingerprint density at radius 2 is 1.81 bits per heavy atom. The third-order valence-electron chi connectivity index (χ3n) is 5.35. The van der Waals surface area contributed by atoms with Crippen molar-refractivity contribution in [2.75, 3.05) is 17.3 Å². The fraction of sp³-hybridized carbons (Fsp3) is 0.111. The smallest absolute Gasteiger partial charge is 0.335 e. The zero-order valence-corrected chi connectivity index (χ0v) is 20.7. The Hall–Kier alpha value is -4.63. The van der Waals surface area contributed by atoms with E-state index in [1.165, 1.54) is 26.2 Å². The number of anilines is 2. The van der Waals surface area contributed by atoms with E-state index in [2.05, 4.69) is 10.6 Å². The molecule has 1 heterocycles. The molecule has 1 fully saturated rings. The van der Waals surface area contributed by atoms with Crippen LogP contribution >= 0.6 is 11.6 Å². The number of amides is 5. The van der Waals surface area contributed by atoms with Crippen LogP contribution in [0, 0.1) is 0 Å². The maximum absolute atomic E-state index is 13.1. The molecule has 0 bridgehead atoms. The van der Waals surface area contributed by atoms with E-state index in [1.54, 1.807) is 60.7 Å². The van der Waals surface area contributed by atoms with Crippen molar-refractivity contribution in [2.45, 2.75) is 13.5 Å². The standard InChI is InChI=1S/C27H22ClN3O6/c1-16(32)29-20-7-9-22(10-8-20)37-15-18-12-17(6-11-24(18)36-2)13-23-25(33)30-27(35)31(26(23)34)21-5-3-4-19(28)14-21/h3-14H,15H2,1-2H3,(H,29,32)(H,30,33,35). The number of carbonyl (C=O) groups is 4. The number of halogens is 1. The summed E-state index contributed by atoms with van der Waals surface area (Å²) in [6, 6.07) is 17.3. The number of imide groups is 2. The summed E-state index contributed by atoms with van der Waals surface area (Å²) < 4.78 is 11.3. The maximum atomic E-state index is 13.1. The quantitative estimate of drug-likeness (QED) is 0.349. The van der Waals surface area contributed by atoms with Gasteiger partial charge in [0.1, 0.15) is 23.7 Å². The molecule has 0 aliphatic carbocycles. The molecule has 0 saturated carbocycles. The molecule has 188 valence electrons. The van der Waals surface area contributed by atoms with Gasteiger partial charge in [-0.1, -0.05) is 23.7 Å². The van der Waals surface area contributed by atoms with Crippen molar-refractivity contribution in [3.63, 3.8) is 0 Å². The fourth-order valence-corrected chi connectivity index (χ4v) is 3.86. The van der Waals surface area contributed by atoms with Crippen LogP contribution < -0.4 is 25.0 Å². The molecule has 1 aliphatic rings. The molecule has 3 aromatic rings. The second kappa shape index (κ2) is 11.0. The zero-order valence-electron chi connectivity index (χ0n) is 19.9. The monoisotopic (exact) mass is 519 g/mol. The van der Waals surface area contributed by atoms with Gasteiger partial charge in [-0.25, -0.2) is 9.69 Å². The van der Waals surface area contributed by atoms with Crippen LogP contribution in [0.3, 0.4) is 0 Å². The van der Waals surface area contributed by atoms with Crippen LogP contribution in [0.15, 0.2) is 72.3 Å². The minimum Gasteiger partial charge on any atom is -0.496 e. The molecule has 2 N–H and O–H groups in total. The summed E-state index contributed by atoms with van der Waals surface area (Å²) in [5, 5.41) is 5.21. The fourth-order valence-electron chi connectivity index (χ4n) is 3.67. The van der Waals surface area contributed by atoms with Crippen molar-refractivity contribution in [3.8, 4) is 11.5 Å². The van der Waals surface area contributed by atoms with Gasteiger partial charge in [0.15, 0.2) is 0 Å². The molecule has 5 amide bonds. The lowest BCUT2D eigenvalue weighted by molar-refractivity contribution is -0.122. The van der Waals surface area contributed by atoms with Crippen molar-refractivity contribution in [3.05, 3.63) is 88.5 Å². The first-order valence-corrected chi connectivity index (χ1v) is 11.5. The lowest BCUT2D eigenvalue weighted by Gasteiger charge is -2.26. The zero-order chi connectivity index (χ0) is 26.5. The molecular formula is C27H22ClN3O6. The van der Waals surface area contributed by atoms with Gasteiger partial charge in [0.2, 0.25) is 5.91 Å². The van der Waals surface area contributed by atoms with Gasteiger partial charge in [-0.2, -0.15) is 0 Å². The Morgan fingerprint density at radius 3 is 2.49 bits per heavy atom. The van der Waals surface area contributed by atoms with Crippen LogP contribution in [0.2, 0.25) is 5.02 Å². The average Bonchev–Trinajstić information content (AvgIpc) is 2.86. The molecule has 1 saturated heterocycles. The van der Waals surface area contributed by atoms with E-state index in [0.29, 0.717) is 33.3 Å². The number of methoxy groups -OCH3 is 1. The molecule has 0 spiro atoms. The summed E-state index contributed by atoms with van der Waals surface area (Å²) >= 11 is 6.01. The van der Waals surface area contributed by atoms with Crippen LogP contribution in [-0.4, -0.2) is 30.9 Å². The SMILES string of the molecule is COc1ccc(C=C2C(=O)NC(=O)N(c3cccc(Cl)c3)C2=O)cc1COc1ccc(NC(C)=O)cc1. The van der Waals surface area contributed by atoms with E-state index in [0.717, 1.165) is 4.90 Å². The Kier molecular flexibility index (Phi) is 7.55. The number of hydrogen-bond acceptors (Lipinski definition) is 6. The highest BCUT2D eigenvalue weighted by atomic mass is 35.5. The third-order valence-corrected chi connectivity index (χ3v) is 5.59. The number of nitrogens with one attached hydrogen (secondary N) is 2. The first kappa shape index (κ1) is 25.5. The van der Waals surface area contributed by atoms with Gasteiger partial charge in [-0.15, -0.1) is 0 Å². The van der Waals surface area contributed by atoms with E-state index in [9.17, 15) is 19.2 Å². The lowest BCUT2D eigenvalue weighted by atomic mass is 10.0. The van der Waals surface area contributed by atoms with Gasteiger partial charge < -0.3 is 14.8 Å². The van der Waals surface area contributed by atoms with Gasteiger partial charge in [0.05, 0.1) is 12.8 Å². The van der Waals surface area contributed by atoms with Gasteiger partial charge in [0, 0.05) is 23.2 Å². The summed E-state index contributed by atoms with van der Waals surface area (Å²) in [5.41, 5.74) is 1.85. The van der Waals surface area contributed by atoms with Crippen LogP contribution in [0.5, 0.6) is 11.5 Å². The number of nitrogens with zero attached hydrogens (tertiary/aromatic N) is 1. The normalized spacial score (nSPS) is 14.4. The second-order valence-electron chi connectivity index (χ2n) is 8.00. The molecule has 4 rings (SSSR count). The highest BCUT2D eigenvalue weighted by Gasteiger charge is 2.36. The van der Waals surface area contributed by atoms with E-state index < -0.39 is 17.8 Å². The Morgan fingerprint density at radius 1 is 1.05 bits per heavy atom. The predicted octanol–water partition coefficient (Wildman–Crippen LogP) is 4.55. The minimum atomic E-state index is -0.859. The molecule has 37 heavy (non-hydrogen) atoms. The van der Waals surface area contributed by atoms with E-state index >= 15 is 0 Å². The van der Waals surface area contributed by atoms with Crippen LogP contribution in [-0.2, 0) is 21.0 Å². The molecule has 10 heteroatoms. The maximum Gasteiger partial charge on any atom is 0.335 e. The van der Waals surface area contributed by atoms with E-state index in [-0.39, 0.29) is 23.8 Å². The van der Waals surface area contributed by atoms with Crippen LogP contribution in [0.1, 0.15) is 18.1 Å². The highest BCUT2D eigenvalue weighted by Crippen LogP contribution is 2.27. The van der Waals surface area contributed by atoms with Crippen molar-refractivity contribution in [1.29, 1.82) is 0 Å². The van der Waals surface area contributed by atoms with Crippen molar-refractivity contribution >= 4 is 52.8 Å². The topological polar surface area (TPSA) is 114 Å². The lowest BCUT2D eigenvalue weighted by Crippen LogP contribution is -2.54. The molecule has 3 aromatic carbocycles. The minimum absolute atomic E-state index is 0.132. The molecule has 0 aromatic heterocycles. The Bertz CT molecular complexity index is 1420. The number of barbiturate groups is 1. The summed E-state index contributed by atoms with van der Waals surface area (Å²) in [4.78, 5) is 50.1. The molecule has 0 radical (unpaired) electrons.